The Balaban J connectivity index is 1.81. The molecule has 1 heterocycles. The summed E-state index contributed by atoms with van der Waals surface area (Å²) in [5, 5.41) is 4.64. The zero-order chi connectivity index (χ0) is 20.5. The summed E-state index contributed by atoms with van der Waals surface area (Å²) < 4.78 is 64.3. The highest BCUT2D eigenvalue weighted by atomic mass is 32.2. The molecule has 0 aliphatic carbocycles. The summed E-state index contributed by atoms with van der Waals surface area (Å²) in [6.45, 7) is 0.334. The normalized spacial score (nSPS) is 14.4. The third kappa shape index (κ3) is 4.38. The van der Waals surface area contributed by atoms with Crippen LogP contribution in [-0.4, -0.2) is 27.2 Å². The van der Waals surface area contributed by atoms with E-state index < -0.39 is 27.8 Å². The van der Waals surface area contributed by atoms with Gasteiger partial charge in [-0.2, -0.15) is 13.2 Å². The Morgan fingerprint density at radius 1 is 1.11 bits per heavy atom. The Hall–Kier alpha value is -2.75. The van der Waals surface area contributed by atoms with Crippen LogP contribution in [0.1, 0.15) is 17.5 Å². The maximum atomic E-state index is 13.0. The number of para-hydroxylation sites is 1. The molecular formula is C18H18F3N3O3S. The van der Waals surface area contributed by atoms with E-state index in [0.29, 0.717) is 25.1 Å². The largest absolute Gasteiger partial charge is 0.418 e. The Kier molecular flexibility index (Phi) is 5.24. The number of carbonyl (C=O) groups is 1. The van der Waals surface area contributed by atoms with Crippen LogP contribution in [0, 0.1) is 0 Å². The average Bonchev–Trinajstić information content (AvgIpc) is 2.59. The monoisotopic (exact) mass is 413 g/mol. The number of hydrogen-bond acceptors (Lipinski definition) is 3. The molecule has 28 heavy (non-hydrogen) atoms. The van der Waals surface area contributed by atoms with E-state index in [1.165, 1.54) is 22.5 Å². The molecule has 150 valence electrons. The van der Waals surface area contributed by atoms with Gasteiger partial charge in [0.25, 0.3) is 0 Å². The lowest BCUT2D eigenvalue weighted by Gasteiger charge is -2.29. The lowest BCUT2D eigenvalue weighted by atomic mass is 10.0. The minimum Gasteiger partial charge on any atom is -0.308 e. The van der Waals surface area contributed by atoms with Gasteiger partial charge in [-0.05, 0) is 42.7 Å². The number of aryl methyl sites for hydroxylation is 1. The Morgan fingerprint density at radius 2 is 1.82 bits per heavy atom. The molecular weight excluding hydrogens is 395 g/mol. The van der Waals surface area contributed by atoms with E-state index in [1.54, 1.807) is 12.1 Å². The van der Waals surface area contributed by atoms with E-state index in [9.17, 15) is 26.4 Å². The van der Waals surface area contributed by atoms with Crippen molar-refractivity contribution in [1.29, 1.82) is 0 Å². The second kappa shape index (κ2) is 7.34. The third-order valence-corrected chi connectivity index (χ3v) is 5.48. The van der Waals surface area contributed by atoms with Gasteiger partial charge >= 0.3 is 12.2 Å². The summed E-state index contributed by atoms with van der Waals surface area (Å²) in [7, 11) is -3.48. The van der Waals surface area contributed by atoms with Crippen LogP contribution in [0.25, 0.3) is 0 Å². The fraction of sp³-hybridized carbons (Fsp3) is 0.278. The molecule has 1 aliphatic heterocycles. The first-order valence-corrected chi connectivity index (χ1v) is 10.3. The maximum absolute atomic E-state index is 13.0. The molecule has 10 heteroatoms. The highest BCUT2D eigenvalue weighted by Gasteiger charge is 2.33. The molecule has 0 atom stereocenters. The zero-order valence-electron chi connectivity index (χ0n) is 14.9. The molecule has 0 radical (unpaired) electrons. The quantitative estimate of drug-likeness (QED) is 0.797. The molecule has 0 saturated carbocycles. The second-order valence-electron chi connectivity index (χ2n) is 6.40. The summed E-state index contributed by atoms with van der Waals surface area (Å²) in [4.78, 5) is 12.2. The Morgan fingerprint density at radius 3 is 2.50 bits per heavy atom. The van der Waals surface area contributed by atoms with Gasteiger partial charge in [0, 0.05) is 12.2 Å². The number of amides is 2. The van der Waals surface area contributed by atoms with Crippen molar-refractivity contribution in [3.8, 4) is 0 Å². The Labute approximate surface area is 160 Å². The highest BCUT2D eigenvalue weighted by molar-refractivity contribution is 7.92. The second-order valence-corrected chi connectivity index (χ2v) is 8.31. The van der Waals surface area contributed by atoms with Crippen molar-refractivity contribution in [2.75, 3.05) is 27.7 Å². The minimum atomic E-state index is -4.61. The summed E-state index contributed by atoms with van der Waals surface area (Å²) in [5.74, 6) is 0. The van der Waals surface area contributed by atoms with Crippen molar-refractivity contribution in [2.45, 2.75) is 19.0 Å². The summed E-state index contributed by atoms with van der Waals surface area (Å²) >= 11 is 0. The van der Waals surface area contributed by atoms with Gasteiger partial charge in [-0.3, -0.25) is 4.31 Å². The molecule has 3 rings (SSSR count). The van der Waals surface area contributed by atoms with Crippen molar-refractivity contribution < 1.29 is 26.4 Å². The number of fused-ring (bicyclic) bond motifs is 1. The van der Waals surface area contributed by atoms with Gasteiger partial charge < -0.3 is 10.6 Å². The molecule has 2 aromatic rings. The topological polar surface area (TPSA) is 78.5 Å². The molecule has 0 saturated heterocycles. The van der Waals surface area contributed by atoms with Gasteiger partial charge in [-0.25, -0.2) is 13.2 Å². The van der Waals surface area contributed by atoms with Crippen LogP contribution in [0.4, 0.5) is 35.0 Å². The zero-order valence-corrected chi connectivity index (χ0v) is 15.7. The lowest BCUT2D eigenvalue weighted by molar-refractivity contribution is -0.136. The van der Waals surface area contributed by atoms with Crippen LogP contribution in [0.15, 0.2) is 42.5 Å². The number of halogens is 3. The van der Waals surface area contributed by atoms with Gasteiger partial charge in [0.2, 0.25) is 10.0 Å². The van der Waals surface area contributed by atoms with Crippen LogP contribution >= 0.6 is 0 Å². The number of nitrogens with one attached hydrogen (secondary N) is 2. The van der Waals surface area contributed by atoms with Crippen molar-refractivity contribution in [3.63, 3.8) is 0 Å². The van der Waals surface area contributed by atoms with E-state index >= 15 is 0 Å². The number of anilines is 3. The van der Waals surface area contributed by atoms with E-state index in [0.717, 1.165) is 24.0 Å². The van der Waals surface area contributed by atoms with Gasteiger partial charge in [0.15, 0.2) is 0 Å². The minimum absolute atomic E-state index is 0.274. The number of urea groups is 1. The van der Waals surface area contributed by atoms with Crippen molar-refractivity contribution in [3.05, 3.63) is 53.6 Å². The van der Waals surface area contributed by atoms with E-state index in [1.807, 2.05) is 0 Å². The standard InChI is InChI=1S/C18H18F3N3O3S/c1-28(26,27)24-10-4-5-12-8-9-13(11-16(12)24)22-17(25)23-15-7-3-2-6-14(15)18(19,20)21/h2-3,6-9,11H,4-5,10H2,1H3,(H2,22,23,25). The van der Waals surface area contributed by atoms with Gasteiger partial charge in [0.1, 0.15) is 0 Å². The molecule has 0 unspecified atom stereocenters. The average molecular weight is 413 g/mol. The Bertz CT molecular complexity index is 1010. The molecule has 0 aromatic heterocycles. The number of rotatable bonds is 3. The van der Waals surface area contributed by atoms with Crippen molar-refractivity contribution in [1.82, 2.24) is 0 Å². The summed E-state index contributed by atoms with van der Waals surface area (Å²) in [5.41, 5.74) is 0.227. The van der Waals surface area contributed by atoms with E-state index in [2.05, 4.69) is 10.6 Å². The van der Waals surface area contributed by atoms with Gasteiger partial charge in [-0.15, -0.1) is 0 Å². The molecule has 0 spiro atoms. The summed E-state index contributed by atoms with van der Waals surface area (Å²) in [6, 6.07) is 8.57. The molecule has 2 N–H and O–H groups in total. The van der Waals surface area contributed by atoms with Crippen LogP contribution in [-0.2, 0) is 22.6 Å². The number of carbonyl (C=O) groups excluding carboxylic acids is 1. The van der Waals surface area contributed by atoms with Crippen LogP contribution in [0.5, 0.6) is 0 Å². The van der Waals surface area contributed by atoms with E-state index in [4.69, 9.17) is 0 Å². The molecule has 0 bridgehead atoms. The van der Waals surface area contributed by atoms with Crippen LogP contribution < -0.4 is 14.9 Å². The smallest absolute Gasteiger partial charge is 0.308 e. The molecule has 2 amide bonds. The van der Waals surface area contributed by atoms with Crippen LogP contribution in [0.2, 0.25) is 0 Å². The predicted molar refractivity (Wildman–Crippen MR) is 101 cm³/mol. The fourth-order valence-corrected chi connectivity index (χ4v) is 4.08. The van der Waals surface area contributed by atoms with Crippen LogP contribution in [0.3, 0.4) is 0 Å². The molecule has 0 fully saturated rings. The number of alkyl halides is 3. The first kappa shape index (κ1) is 20.0. The molecule has 2 aromatic carbocycles. The summed E-state index contributed by atoms with van der Waals surface area (Å²) in [6.07, 6.45) is -2.12. The number of hydrogen-bond donors (Lipinski definition) is 2. The molecule has 1 aliphatic rings. The predicted octanol–water partition coefficient (Wildman–Crippen LogP) is 4.06. The lowest BCUT2D eigenvalue weighted by Crippen LogP contribution is -2.34. The number of benzene rings is 2. The fourth-order valence-electron chi connectivity index (χ4n) is 3.09. The van der Waals surface area contributed by atoms with Crippen molar-refractivity contribution in [2.24, 2.45) is 0 Å². The van der Waals surface area contributed by atoms with Crippen molar-refractivity contribution >= 4 is 33.1 Å². The van der Waals surface area contributed by atoms with Gasteiger partial charge in [-0.1, -0.05) is 18.2 Å². The first-order valence-electron chi connectivity index (χ1n) is 8.40. The van der Waals surface area contributed by atoms with E-state index in [-0.39, 0.29) is 11.4 Å². The first-order chi connectivity index (χ1) is 13.1. The number of nitrogens with zero attached hydrogens (tertiary/aromatic N) is 1. The maximum Gasteiger partial charge on any atom is 0.418 e. The SMILES string of the molecule is CS(=O)(=O)N1CCCc2ccc(NC(=O)Nc3ccccc3C(F)(F)F)cc21. The third-order valence-electron chi connectivity index (χ3n) is 4.30. The van der Waals surface area contributed by atoms with Gasteiger partial charge in [0.05, 0.1) is 23.2 Å². The highest BCUT2D eigenvalue weighted by Crippen LogP contribution is 2.35. The molecule has 6 nitrogen and oxygen atoms in total. The number of sulfonamides is 1.